The monoisotopic (exact) mass is 503 g/mol. The number of hydrogen-bond acceptors (Lipinski definition) is 5. The predicted molar refractivity (Wildman–Crippen MR) is 146 cm³/mol. The molecule has 1 amide bonds. The Morgan fingerprint density at radius 3 is 2.38 bits per heavy atom. The summed E-state index contributed by atoms with van der Waals surface area (Å²) in [6.07, 6.45) is 13.8. The molecule has 3 fully saturated rings. The Labute approximate surface area is 221 Å². The summed E-state index contributed by atoms with van der Waals surface area (Å²) in [5.74, 6) is 1.19. The van der Waals surface area contributed by atoms with Gasteiger partial charge in [-0.05, 0) is 86.7 Å². The number of piperidine rings is 1. The SMILES string of the molecule is CC1(CN2CCC(COc3ccc(-c4ccc(C(=O)N5CCCC5C=O)cc4)cn3)CC2)CCCCC1. The first-order chi connectivity index (χ1) is 18.0. The minimum atomic E-state index is -0.290. The predicted octanol–water partition coefficient (Wildman–Crippen LogP) is 5.61. The van der Waals surface area contributed by atoms with Gasteiger partial charge in [0.05, 0.1) is 12.6 Å². The van der Waals surface area contributed by atoms with E-state index in [4.69, 9.17) is 4.74 Å². The maximum atomic E-state index is 12.8. The number of carbonyl (C=O) groups is 2. The molecule has 1 aromatic carbocycles. The van der Waals surface area contributed by atoms with Crippen LogP contribution in [0.2, 0.25) is 0 Å². The number of likely N-dealkylation sites (tertiary alicyclic amines) is 2. The van der Waals surface area contributed by atoms with E-state index in [-0.39, 0.29) is 11.9 Å². The third kappa shape index (κ3) is 6.40. The average molecular weight is 504 g/mol. The lowest BCUT2D eigenvalue weighted by molar-refractivity contribution is -0.111. The van der Waals surface area contributed by atoms with Gasteiger partial charge < -0.3 is 19.3 Å². The van der Waals surface area contributed by atoms with Gasteiger partial charge in [-0.25, -0.2) is 4.98 Å². The van der Waals surface area contributed by atoms with Crippen LogP contribution in [-0.2, 0) is 4.79 Å². The summed E-state index contributed by atoms with van der Waals surface area (Å²) in [6.45, 7) is 7.49. The summed E-state index contributed by atoms with van der Waals surface area (Å²) in [7, 11) is 0. The van der Waals surface area contributed by atoms with Crippen molar-refractivity contribution in [3.63, 3.8) is 0 Å². The number of aldehydes is 1. The van der Waals surface area contributed by atoms with E-state index in [1.807, 2.05) is 42.6 Å². The summed E-state index contributed by atoms with van der Waals surface area (Å²) < 4.78 is 6.06. The lowest BCUT2D eigenvalue weighted by Gasteiger charge is -2.41. The Kier molecular flexibility index (Phi) is 8.23. The van der Waals surface area contributed by atoms with Gasteiger partial charge in [-0.2, -0.15) is 0 Å². The highest BCUT2D eigenvalue weighted by atomic mass is 16.5. The van der Waals surface area contributed by atoms with Gasteiger partial charge in [0.1, 0.15) is 6.29 Å². The van der Waals surface area contributed by atoms with Gasteiger partial charge in [-0.3, -0.25) is 4.79 Å². The molecule has 1 saturated carbocycles. The number of benzene rings is 1. The second kappa shape index (κ2) is 11.8. The largest absolute Gasteiger partial charge is 0.477 e. The zero-order valence-corrected chi connectivity index (χ0v) is 22.2. The third-order valence-corrected chi connectivity index (χ3v) is 8.76. The Bertz CT molecular complexity index is 1040. The molecule has 1 unspecified atom stereocenters. The molecule has 37 heavy (non-hydrogen) atoms. The molecule has 1 atom stereocenters. The molecule has 6 heteroatoms. The molecule has 3 aliphatic rings. The molecule has 3 heterocycles. The summed E-state index contributed by atoms with van der Waals surface area (Å²) in [5.41, 5.74) is 3.13. The van der Waals surface area contributed by atoms with E-state index >= 15 is 0 Å². The number of pyridine rings is 1. The maximum absolute atomic E-state index is 12.8. The molecule has 198 valence electrons. The first-order valence-corrected chi connectivity index (χ1v) is 14.2. The molecule has 0 spiro atoms. The Balaban J connectivity index is 1.08. The summed E-state index contributed by atoms with van der Waals surface area (Å²) in [6, 6.07) is 11.2. The summed E-state index contributed by atoms with van der Waals surface area (Å²) in [4.78, 5) is 32.9. The summed E-state index contributed by atoms with van der Waals surface area (Å²) >= 11 is 0. The van der Waals surface area contributed by atoms with Crippen molar-refractivity contribution >= 4 is 12.2 Å². The highest BCUT2D eigenvalue weighted by Gasteiger charge is 2.31. The van der Waals surface area contributed by atoms with Crippen LogP contribution < -0.4 is 4.74 Å². The van der Waals surface area contributed by atoms with Gasteiger partial charge in [0, 0.05) is 36.5 Å². The normalized spacial score (nSPS) is 22.6. The highest BCUT2D eigenvalue weighted by Crippen LogP contribution is 2.37. The number of carbonyl (C=O) groups excluding carboxylic acids is 2. The van der Waals surface area contributed by atoms with E-state index in [1.165, 1.54) is 64.6 Å². The molecule has 1 aliphatic carbocycles. The first-order valence-electron chi connectivity index (χ1n) is 14.2. The molecule has 2 aromatic rings. The van der Waals surface area contributed by atoms with Gasteiger partial charge in [0.2, 0.25) is 5.88 Å². The van der Waals surface area contributed by atoms with Crippen LogP contribution in [0.1, 0.15) is 75.1 Å². The lowest BCUT2D eigenvalue weighted by Crippen LogP contribution is -2.42. The Morgan fingerprint density at radius 2 is 1.70 bits per heavy atom. The van der Waals surface area contributed by atoms with Crippen LogP contribution in [0.25, 0.3) is 11.1 Å². The van der Waals surface area contributed by atoms with Crippen molar-refractivity contribution in [3.8, 4) is 17.0 Å². The van der Waals surface area contributed by atoms with Gasteiger partial charge in [-0.15, -0.1) is 0 Å². The van der Waals surface area contributed by atoms with Crippen LogP contribution in [0.5, 0.6) is 5.88 Å². The topological polar surface area (TPSA) is 62.7 Å². The van der Waals surface area contributed by atoms with Gasteiger partial charge in [0.15, 0.2) is 0 Å². The van der Waals surface area contributed by atoms with Crippen molar-refractivity contribution in [3.05, 3.63) is 48.2 Å². The Morgan fingerprint density at radius 1 is 0.973 bits per heavy atom. The quantitative estimate of drug-likeness (QED) is 0.438. The standard InChI is InChI=1S/C31H41N3O3/c1-31(15-3-2-4-16-31)23-33-18-13-24(14-19-33)22-37-29-12-11-27(20-32-29)25-7-9-26(10-8-25)30(36)34-17-5-6-28(34)21-35/h7-12,20-21,24,28H,2-6,13-19,22-23H2,1H3. The molecule has 0 bridgehead atoms. The number of rotatable bonds is 8. The number of ether oxygens (including phenoxy) is 1. The van der Waals surface area contributed by atoms with E-state index < -0.39 is 0 Å². The zero-order valence-electron chi connectivity index (χ0n) is 22.2. The second-order valence-corrected chi connectivity index (χ2v) is 11.7. The number of nitrogens with zero attached hydrogens (tertiary/aromatic N) is 3. The minimum absolute atomic E-state index is 0.0722. The summed E-state index contributed by atoms with van der Waals surface area (Å²) in [5, 5.41) is 0. The van der Waals surface area contributed by atoms with Crippen molar-refractivity contribution in [1.82, 2.24) is 14.8 Å². The fourth-order valence-corrected chi connectivity index (χ4v) is 6.41. The number of aromatic nitrogens is 1. The fourth-order valence-electron chi connectivity index (χ4n) is 6.41. The van der Waals surface area contributed by atoms with Crippen LogP contribution >= 0.6 is 0 Å². The van der Waals surface area contributed by atoms with Crippen LogP contribution in [-0.4, -0.2) is 65.8 Å². The first kappa shape index (κ1) is 25.9. The van der Waals surface area contributed by atoms with E-state index in [0.29, 0.717) is 29.3 Å². The molecule has 2 aliphatic heterocycles. The van der Waals surface area contributed by atoms with E-state index in [9.17, 15) is 9.59 Å². The number of hydrogen-bond donors (Lipinski definition) is 0. The minimum Gasteiger partial charge on any atom is -0.477 e. The number of amides is 1. The third-order valence-electron chi connectivity index (χ3n) is 8.76. The fraction of sp³-hybridized carbons (Fsp3) is 0.581. The van der Waals surface area contributed by atoms with E-state index in [2.05, 4.69) is 16.8 Å². The lowest BCUT2D eigenvalue weighted by atomic mass is 9.75. The van der Waals surface area contributed by atoms with Crippen molar-refractivity contribution in [2.24, 2.45) is 11.3 Å². The van der Waals surface area contributed by atoms with Crippen molar-refractivity contribution < 1.29 is 14.3 Å². The maximum Gasteiger partial charge on any atom is 0.254 e. The molecular formula is C31H41N3O3. The molecule has 1 aromatic heterocycles. The van der Waals surface area contributed by atoms with Crippen molar-refractivity contribution in [2.75, 3.05) is 32.8 Å². The van der Waals surface area contributed by atoms with Gasteiger partial charge >= 0.3 is 0 Å². The molecular weight excluding hydrogens is 462 g/mol. The smallest absolute Gasteiger partial charge is 0.254 e. The van der Waals surface area contributed by atoms with Crippen LogP contribution in [0, 0.1) is 11.3 Å². The molecule has 0 radical (unpaired) electrons. The second-order valence-electron chi connectivity index (χ2n) is 11.7. The van der Waals surface area contributed by atoms with Crippen LogP contribution in [0.15, 0.2) is 42.6 Å². The van der Waals surface area contributed by atoms with Crippen molar-refractivity contribution in [2.45, 2.75) is 70.8 Å². The van der Waals surface area contributed by atoms with Crippen molar-refractivity contribution in [1.29, 1.82) is 0 Å². The highest BCUT2D eigenvalue weighted by molar-refractivity contribution is 5.96. The Hall–Kier alpha value is -2.73. The molecule has 0 N–H and O–H groups in total. The molecule has 2 saturated heterocycles. The van der Waals surface area contributed by atoms with Gasteiger partial charge in [-0.1, -0.05) is 38.3 Å². The van der Waals surface area contributed by atoms with Crippen LogP contribution in [0.3, 0.4) is 0 Å². The molecule has 6 nitrogen and oxygen atoms in total. The van der Waals surface area contributed by atoms with Crippen LogP contribution in [0.4, 0.5) is 0 Å². The van der Waals surface area contributed by atoms with E-state index in [0.717, 1.165) is 36.9 Å². The molecule has 5 rings (SSSR count). The zero-order chi connectivity index (χ0) is 25.7. The van der Waals surface area contributed by atoms with E-state index in [1.54, 1.807) is 4.90 Å². The van der Waals surface area contributed by atoms with Gasteiger partial charge in [0.25, 0.3) is 5.91 Å². The average Bonchev–Trinajstić information content (AvgIpc) is 3.42.